The molecule has 0 atom stereocenters. The molecule has 0 aliphatic rings. The van der Waals surface area contributed by atoms with Crippen molar-refractivity contribution in [1.82, 2.24) is 0 Å². The van der Waals surface area contributed by atoms with Crippen LogP contribution in [0.3, 0.4) is 0 Å². The van der Waals surface area contributed by atoms with Crippen molar-refractivity contribution in [2.24, 2.45) is 0 Å². The average Bonchev–Trinajstić information content (AvgIpc) is 2.04. The van der Waals surface area contributed by atoms with E-state index in [1.54, 1.807) is 13.8 Å². The van der Waals surface area contributed by atoms with Gasteiger partial charge in [0.15, 0.2) is 4.30 Å². The van der Waals surface area contributed by atoms with Gasteiger partial charge in [0.05, 0.1) is 6.61 Å². The Morgan fingerprint density at radius 2 is 1.56 bits per heavy atom. The van der Waals surface area contributed by atoms with Crippen LogP contribution in [0.4, 0.5) is 0 Å². The Bertz CT molecular complexity index is 130. The number of hydrogen-bond acceptors (Lipinski definition) is 4. The van der Waals surface area contributed by atoms with E-state index in [4.69, 9.17) is 49.8 Å². The number of halogens is 3. The zero-order valence-electron chi connectivity index (χ0n) is 9.32. The van der Waals surface area contributed by atoms with E-state index in [-0.39, 0.29) is 19.0 Å². The molecule has 0 bridgehead atoms. The molecule has 5 nitrogen and oxygen atoms in total. The summed E-state index contributed by atoms with van der Waals surface area (Å²) in [7, 11) is 0. The summed E-state index contributed by atoms with van der Waals surface area (Å²) in [5, 5.41) is 14.5. The molecule has 2 N–H and O–H groups in total. The molecule has 0 fully saturated rings. The molecule has 0 unspecified atom stereocenters. The molecule has 0 saturated carbocycles. The van der Waals surface area contributed by atoms with Crippen LogP contribution < -0.4 is 0 Å². The Labute approximate surface area is 110 Å². The second-order valence-electron chi connectivity index (χ2n) is 1.59. The van der Waals surface area contributed by atoms with Crippen molar-refractivity contribution in [3.8, 4) is 0 Å². The summed E-state index contributed by atoms with van der Waals surface area (Å²) in [6.45, 7) is 5.33. The molecule has 8 heteroatoms. The maximum Gasteiger partial charge on any atom is 0.302 e. The van der Waals surface area contributed by atoms with Gasteiger partial charge in [-0.15, -0.1) is 0 Å². The van der Waals surface area contributed by atoms with E-state index >= 15 is 0 Å². The molecular formula is C8H17Cl3O5. The highest BCUT2D eigenvalue weighted by Gasteiger charge is 1.81. The summed E-state index contributed by atoms with van der Waals surface area (Å²) in [5.41, 5.74) is 0. The van der Waals surface area contributed by atoms with E-state index < -0.39 is 4.30 Å². The fourth-order valence-electron chi connectivity index (χ4n) is 0.203. The molecule has 0 rings (SSSR count). The van der Waals surface area contributed by atoms with Crippen molar-refractivity contribution in [1.29, 1.82) is 0 Å². The number of aliphatic hydroxyl groups excluding tert-OH is 1. The largest absolute Gasteiger partial charge is 0.483 e. The summed E-state index contributed by atoms with van der Waals surface area (Å²) in [4.78, 5) is 18.2. The van der Waals surface area contributed by atoms with Crippen LogP contribution in [-0.2, 0) is 14.3 Å². The van der Waals surface area contributed by atoms with Crippen molar-refractivity contribution in [2.75, 3.05) is 13.2 Å². The minimum atomic E-state index is -0.750. The van der Waals surface area contributed by atoms with Crippen molar-refractivity contribution in [3.05, 3.63) is 0 Å². The highest BCUT2D eigenvalue weighted by Crippen LogP contribution is 2.03. The molecule has 0 aliphatic carbocycles. The fourth-order valence-corrected chi connectivity index (χ4v) is 0.203. The first-order chi connectivity index (χ1) is 7.33. The van der Waals surface area contributed by atoms with E-state index in [2.05, 4.69) is 4.74 Å². The third-order valence-corrected chi connectivity index (χ3v) is 0.348. The Balaban J connectivity index is -0.0000000635. The summed E-state index contributed by atoms with van der Waals surface area (Å²) in [5.74, 6) is -0.211. The topological polar surface area (TPSA) is 83.8 Å². The number of aliphatic hydroxyl groups is 1. The molecule has 0 spiro atoms. The number of ether oxygens (including phenoxy) is 1. The van der Waals surface area contributed by atoms with Gasteiger partial charge in [0.1, 0.15) is 0 Å². The van der Waals surface area contributed by atoms with E-state index in [1.807, 2.05) is 0 Å². The van der Waals surface area contributed by atoms with E-state index in [0.29, 0.717) is 6.61 Å². The van der Waals surface area contributed by atoms with Crippen LogP contribution >= 0.6 is 34.8 Å². The van der Waals surface area contributed by atoms with Crippen LogP contribution in [0.5, 0.6) is 0 Å². The molecule has 100 valence electrons. The molecule has 0 aromatic carbocycles. The van der Waals surface area contributed by atoms with Gasteiger partial charge in [0.25, 0.3) is 6.47 Å². The van der Waals surface area contributed by atoms with Gasteiger partial charge < -0.3 is 14.9 Å². The Morgan fingerprint density at radius 3 is 1.56 bits per heavy atom. The SMILES string of the molecule is CCO.CCOC(C)=O.ClC(Cl)Cl.O=CO. The van der Waals surface area contributed by atoms with E-state index in [0.717, 1.165) is 0 Å². The van der Waals surface area contributed by atoms with Crippen molar-refractivity contribution in [3.63, 3.8) is 0 Å². The lowest BCUT2D eigenvalue weighted by molar-refractivity contribution is -0.140. The molecule has 0 amide bonds. The smallest absolute Gasteiger partial charge is 0.302 e. The zero-order valence-corrected chi connectivity index (χ0v) is 11.6. The monoisotopic (exact) mass is 298 g/mol. The van der Waals surface area contributed by atoms with Gasteiger partial charge >= 0.3 is 5.97 Å². The highest BCUT2D eigenvalue weighted by atomic mass is 35.6. The maximum atomic E-state index is 9.82. The molecule has 0 aliphatic heterocycles. The molecule has 0 aromatic rings. The first kappa shape index (κ1) is 24.8. The summed E-state index contributed by atoms with van der Waals surface area (Å²) in [6, 6.07) is 0. The van der Waals surface area contributed by atoms with Gasteiger partial charge in [-0.05, 0) is 13.8 Å². The molecular weight excluding hydrogens is 282 g/mol. The number of alkyl halides is 3. The first-order valence-electron chi connectivity index (χ1n) is 4.08. The number of rotatable bonds is 1. The molecule has 0 radical (unpaired) electrons. The Hall–Kier alpha value is -0.230. The number of carbonyl (C=O) groups excluding carboxylic acids is 1. The van der Waals surface area contributed by atoms with Crippen LogP contribution in [0, 0.1) is 0 Å². The maximum absolute atomic E-state index is 9.82. The third kappa shape index (κ3) is 293. The van der Waals surface area contributed by atoms with Crippen LogP contribution in [0.1, 0.15) is 20.8 Å². The standard InChI is InChI=1S/C4H8O2.C2H6O.CHCl3.CH2O2/c1-3-6-4(2)5;1-2-3;2-1(3)4;2-1-3/h3H2,1-2H3;3H,2H2,1H3;1H;1H,(H,2,3). The number of esters is 1. The molecule has 0 saturated heterocycles. The van der Waals surface area contributed by atoms with Crippen molar-refractivity contribution >= 4 is 47.2 Å². The van der Waals surface area contributed by atoms with E-state index in [9.17, 15) is 4.79 Å². The lowest BCUT2D eigenvalue weighted by atomic mass is 10.8. The lowest BCUT2D eigenvalue weighted by Gasteiger charge is -1.89. The van der Waals surface area contributed by atoms with Crippen LogP contribution in [-0.4, -0.2) is 40.2 Å². The number of hydrogen-bond donors (Lipinski definition) is 2. The number of carbonyl (C=O) groups is 2. The van der Waals surface area contributed by atoms with Crippen molar-refractivity contribution in [2.45, 2.75) is 25.1 Å². The van der Waals surface area contributed by atoms with Crippen LogP contribution in [0.2, 0.25) is 0 Å². The van der Waals surface area contributed by atoms with Gasteiger partial charge in [-0.25, -0.2) is 0 Å². The van der Waals surface area contributed by atoms with Gasteiger partial charge in [-0.1, -0.05) is 34.8 Å². The quantitative estimate of drug-likeness (QED) is 0.441. The normalized spacial score (nSPS) is 7.00. The second-order valence-corrected chi connectivity index (χ2v) is 3.57. The molecule has 0 aromatic heterocycles. The molecule has 0 heterocycles. The van der Waals surface area contributed by atoms with Gasteiger partial charge in [0, 0.05) is 13.5 Å². The fraction of sp³-hybridized carbons (Fsp3) is 0.750. The van der Waals surface area contributed by atoms with Gasteiger partial charge in [-0.2, -0.15) is 0 Å². The number of carboxylic acid groups (broad SMARTS) is 1. The highest BCUT2D eigenvalue weighted by molar-refractivity contribution is 6.63. The lowest BCUT2D eigenvalue weighted by Crippen LogP contribution is -1.95. The van der Waals surface area contributed by atoms with Gasteiger partial charge in [-0.3, -0.25) is 9.59 Å². The third-order valence-electron chi connectivity index (χ3n) is 0.348. The Morgan fingerprint density at radius 1 is 1.38 bits per heavy atom. The average molecular weight is 300 g/mol. The summed E-state index contributed by atoms with van der Waals surface area (Å²) >= 11 is 14.4. The van der Waals surface area contributed by atoms with E-state index in [1.165, 1.54) is 6.92 Å². The Kier molecular flexibility index (Phi) is 45.5. The van der Waals surface area contributed by atoms with Crippen LogP contribution in [0.25, 0.3) is 0 Å². The first-order valence-corrected chi connectivity index (χ1v) is 5.39. The minimum Gasteiger partial charge on any atom is -0.483 e. The minimum absolute atomic E-state index is 0.211. The van der Waals surface area contributed by atoms with Crippen molar-refractivity contribution < 1.29 is 24.5 Å². The summed E-state index contributed by atoms with van der Waals surface area (Å²) < 4.78 is 3.65. The second kappa shape index (κ2) is 29.3. The summed E-state index contributed by atoms with van der Waals surface area (Å²) in [6.07, 6.45) is 0. The van der Waals surface area contributed by atoms with Gasteiger partial charge in [0.2, 0.25) is 0 Å². The zero-order chi connectivity index (χ0) is 14.0. The predicted molar refractivity (Wildman–Crippen MR) is 65.1 cm³/mol. The van der Waals surface area contributed by atoms with Crippen LogP contribution in [0.15, 0.2) is 0 Å². The molecule has 16 heavy (non-hydrogen) atoms. The predicted octanol–water partition coefficient (Wildman–Crippen LogP) is 2.26.